The lowest BCUT2D eigenvalue weighted by molar-refractivity contribution is 0.389. The van der Waals surface area contributed by atoms with Gasteiger partial charge in [-0.1, -0.05) is 25.4 Å². The van der Waals surface area contributed by atoms with E-state index in [-0.39, 0.29) is 0 Å². The van der Waals surface area contributed by atoms with Gasteiger partial charge in [0.25, 0.3) is 0 Å². The second-order valence-electron chi connectivity index (χ2n) is 4.33. The molecule has 1 aromatic rings. The molecule has 1 rings (SSSR count). The van der Waals surface area contributed by atoms with E-state index in [0.29, 0.717) is 11.1 Å². The van der Waals surface area contributed by atoms with Crippen molar-refractivity contribution in [2.24, 2.45) is 0 Å². The quantitative estimate of drug-likeness (QED) is 0.744. The predicted molar refractivity (Wildman–Crippen MR) is 63.3 cm³/mol. The summed E-state index contributed by atoms with van der Waals surface area (Å²) < 4.78 is 0. The van der Waals surface area contributed by atoms with Crippen molar-refractivity contribution in [3.05, 3.63) is 22.2 Å². The zero-order chi connectivity index (χ0) is 11.6. The Kier molecular flexibility index (Phi) is 4.05. The van der Waals surface area contributed by atoms with Crippen LogP contribution < -0.4 is 0 Å². The summed E-state index contributed by atoms with van der Waals surface area (Å²) in [7, 11) is 3.98. The molecule has 0 N–H and O–H groups in total. The lowest BCUT2D eigenvalue weighted by Crippen LogP contribution is -2.15. The minimum Gasteiger partial charge on any atom is -0.302 e. The van der Waals surface area contributed by atoms with Gasteiger partial charge in [-0.15, -0.1) is 0 Å². The van der Waals surface area contributed by atoms with E-state index in [2.05, 4.69) is 23.8 Å². The van der Waals surface area contributed by atoms with E-state index in [1.807, 2.05) is 25.9 Å². The van der Waals surface area contributed by atoms with Crippen LogP contribution in [0.5, 0.6) is 0 Å². The van der Waals surface area contributed by atoms with Gasteiger partial charge in [-0.25, -0.2) is 9.97 Å². The number of rotatable bonds is 3. The third-order valence-corrected chi connectivity index (χ3v) is 2.54. The lowest BCUT2D eigenvalue weighted by atomic mass is 10.1. The summed E-state index contributed by atoms with van der Waals surface area (Å²) in [6.45, 7) is 6.92. The molecule has 0 spiro atoms. The normalized spacial score (nSPS) is 11.5. The van der Waals surface area contributed by atoms with Gasteiger partial charge in [-0.3, -0.25) is 0 Å². The molecule has 0 saturated carbocycles. The SMILES string of the molecule is Cc1c(Cl)nc(CN(C)C)nc1C(C)C. The molecule has 0 atom stereocenters. The average molecular weight is 228 g/mol. The first-order chi connectivity index (χ1) is 6.91. The molecule has 3 nitrogen and oxygen atoms in total. The minimum atomic E-state index is 0.381. The van der Waals surface area contributed by atoms with Gasteiger partial charge in [0.15, 0.2) is 0 Å². The van der Waals surface area contributed by atoms with Crippen molar-refractivity contribution in [3.63, 3.8) is 0 Å². The van der Waals surface area contributed by atoms with Gasteiger partial charge in [-0.2, -0.15) is 0 Å². The maximum atomic E-state index is 6.08. The molecule has 15 heavy (non-hydrogen) atoms. The van der Waals surface area contributed by atoms with Crippen LogP contribution in [-0.2, 0) is 6.54 Å². The van der Waals surface area contributed by atoms with Crippen LogP contribution in [-0.4, -0.2) is 29.0 Å². The highest BCUT2D eigenvalue weighted by molar-refractivity contribution is 6.30. The van der Waals surface area contributed by atoms with E-state index in [4.69, 9.17) is 11.6 Å². The van der Waals surface area contributed by atoms with Crippen LogP contribution in [0.4, 0.5) is 0 Å². The molecule has 4 heteroatoms. The Morgan fingerprint density at radius 2 is 1.87 bits per heavy atom. The standard InChI is InChI=1S/C11H18ClN3/c1-7(2)10-8(3)11(12)14-9(13-10)6-15(4)5/h7H,6H2,1-5H3. The molecule has 0 saturated heterocycles. The van der Waals surface area contributed by atoms with Crippen LogP contribution in [0.1, 0.15) is 36.8 Å². The molecular formula is C11H18ClN3. The molecule has 0 bridgehead atoms. The van der Waals surface area contributed by atoms with Crippen LogP contribution >= 0.6 is 11.6 Å². The fourth-order valence-electron chi connectivity index (χ4n) is 1.47. The lowest BCUT2D eigenvalue weighted by Gasteiger charge is -2.14. The third kappa shape index (κ3) is 3.14. The summed E-state index contributed by atoms with van der Waals surface area (Å²) in [4.78, 5) is 10.8. The summed E-state index contributed by atoms with van der Waals surface area (Å²) >= 11 is 6.08. The van der Waals surface area contributed by atoms with Crippen molar-refractivity contribution >= 4 is 11.6 Å². The van der Waals surface area contributed by atoms with E-state index >= 15 is 0 Å². The predicted octanol–water partition coefficient (Wildman–Crippen LogP) is 2.62. The Morgan fingerprint density at radius 3 is 2.33 bits per heavy atom. The fourth-order valence-corrected chi connectivity index (χ4v) is 1.66. The first-order valence-electron chi connectivity index (χ1n) is 5.09. The summed E-state index contributed by atoms with van der Waals surface area (Å²) in [5, 5.41) is 0.575. The zero-order valence-corrected chi connectivity index (χ0v) is 10.8. The van der Waals surface area contributed by atoms with E-state index in [1.165, 1.54) is 0 Å². The smallest absolute Gasteiger partial charge is 0.144 e. The van der Waals surface area contributed by atoms with E-state index in [1.54, 1.807) is 0 Å². The van der Waals surface area contributed by atoms with Gasteiger partial charge in [0.2, 0.25) is 0 Å². The third-order valence-electron chi connectivity index (χ3n) is 2.17. The van der Waals surface area contributed by atoms with E-state index in [0.717, 1.165) is 23.6 Å². The second-order valence-corrected chi connectivity index (χ2v) is 4.69. The van der Waals surface area contributed by atoms with E-state index in [9.17, 15) is 0 Å². The summed E-state index contributed by atoms with van der Waals surface area (Å²) in [6, 6.07) is 0. The molecule has 1 heterocycles. The number of hydrogen-bond donors (Lipinski definition) is 0. The van der Waals surface area contributed by atoms with Crippen molar-refractivity contribution in [1.29, 1.82) is 0 Å². The molecule has 0 fully saturated rings. The number of hydrogen-bond acceptors (Lipinski definition) is 3. The van der Waals surface area contributed by atoms with Crippen LogP contribution in [0.2, 0.25) is 5.15 Å². The van der Waals surface area contributed by atoms with Crippen molar-refractivity contribution in [3.8, 4) is 0 Å². The molecule has 0 aliphatic heterocycles. The Labute approximate surface area is 96.5 Å². The largest absolute Gasteiger partial charge is 0.302 e. The number of nitrogens with zero attached hydrogens (tertiary/aromatic N) is 3. The van der Waals surface area contributed by atoms with Gasteiger partial charge in [0.05, 0.1) is 12.2 Å². The van der Waals surface area contributed by atoms with Crippen LogP contribution in [0.3, 0.4) is 0 Å². The molecule has 0 unspecified atom stereocenters. The van der Waals surface area contributed by atoms with Gasteiger partial charge in [0, 0.05) is 5.56 Å². The highest BCUT2D eigenvalue weighted by Crippen LogP contribution is 2.22. The first-order valence-corrected chi connectivity index (χ1v) is 5.47. The van der Waals surface area contributed by atoms with Crippen molar-refractivity contribution < 1.29 is 0 Å². The van der Waals surface area contributed by atoms with Crippen molar-refractivity contribution in [2.75, 3.05) is 14.1 Å². The molecule has 0 amide bonds. The number of aromatic nitrogens is 2. The minimum absolute atomic E-state index is 0.381. The van der Waals surface area contributed by atoms with Crippen molar-refractivity contribution in [1.82, 2.24) is 14.9 Å². The van der Waals surface area contributed by atoms with Crippen LogP contribution in [0.25, 0.3) is 0 Å². The molecule has 1 aromatic heterocycles. The summed E-state index contributed by atoms with van der Waals surface area (Å²) in [5.74, 6) is 1.17. The molecule has 0 aliphatic carbocycles. The molecular weight excluding hydrogens is 210 g/mol. The van der Waals surface area contributed by atoms with Crippen LogP contribution in [0, 0.1) is 6.92 Å². The Balaban J connectivity index is 3.11. The van der Waals surface area contributed by atoms with Gasteiger partial charge >= 0.3 is 0 Å². The fraction of sp³-hybridized carbons (Fsp3) is 0.636. The maximum Gasteiger partial charge on any atom is 0.144 e. The average Bonchev–Trinajstić information content (AvgIpc) is 2.09. The van der Waals surface area contributed by atoms with Gasteiger partial charge in [-0.05, 0) is 26.9 Å². The topological polar surface area (TPSA) is 29.0 Å². The van der Waals surface area contributed by atoms with Crippen LogP contribution in [0.15, 0.2) is 0 Å². The molecule has 0 radical (unpaired) electrons. The maximum absolute atomic E-state index is 6.08. The molecule has 0 aromatic carbocycles. The van der Waals surface area contributed by atoms with Gasteiger partial charge in [0.1, 0.15) is 11.0 Å². The Morgan fingerprint density at radius 1 is 1.27 bits per heavy atom. The number of halogens is 1. The highest BCUT2D eigenvalue weighted by atomic mass is 35.5. The monoisotopic (exact) mass is 227 g/mol. The summed E-state index contributed by atoms with van der Waals surface area (Å²) in [6.07, 6.45) is 0. The van der Waals surface area contributed by atoms with Crippen molar-refractivity contribution in [2.45, 2.75) is 33.2 Å². The zero-order valence-electron chi connectivity index (χ0n) is 10.0. The highest BCUT2D eigenvalue weighted by Gasteiger charge is 2.12. The first kappa shape index (κ1) is 12.4. The Hall–Kier alpha value is -0.670. The molecule has 84 valence electrons. The second kappa shape index (κ2) is 4.90. The summed E-state index contributed by atoms with van der Waals surface area (Å²) in [5.41, 5.74) is 2.04. The van der Waals surface area contributed by atoms with Gasteiger partial charge < -0.3 is 4.90 Å². The Bertz CT molecular complexity index is 348. The van der Waals surface area contributed by atoms with E-state index < -0.39 is 0 Å². The molecule has 0 aliphatic rings.